The van der Waals surface area contributed by atoms with Crippen LogP contribution in [0.4, 0.5) is 0 Å². The van der Waals surface area contributed by atoms with Gasteiger partial charge >= 0.3 is 0 Å². The maximum Gasteiger partial charge on any atom is 0.295 e. The molecule has 0 bridgehead atoms. The Morgan fingerprint density at radius 2 is 1.76 bits per heavy atom. The van der Waals surface area contributed by atoms with Crippen molar-refractivity contribution in [2.75, 3.05) is 12.8 Å². The SMILES string of the molecule is CC[C@@H](C(=O)NCCc1ccc(SC)cc1)n1nc(C)c2c(C)n(-c3ccccc3)nc2c1=O. The first-order valence-corrected chi connectivity index (χ1v) is 12.6. The van der Waals surface area contributed by atoms with Gasteiger partial charge in [-0.3, -0.25) is 9.59 Å². The molecule has 1 amide bonds. The molecule has 176 valence electrons. The molecule has 0 unspecified atom stereocenters. The number of aromatic nitrogens is 4. The molecule has 1 atom stereocenters. The summed E-state index contributed by atoms with van der Waals surface area (Å²) < 4.78 is 3.05. The fraction of sp³-hybridized carbons (Fsp3) is 0.308. The molecule has 4 aromatic rings. The number of aryl methyl sites for hydroxylation is 2. The molecule has 2 heterocycles. The van der Waals surface area contributed by atoms with Crippen molar-refractivity contribution < 1.29 is 4.79 Å². The van der Waals surface area contributed by atoms with E-state index in [1.165, 1.54) is 9.58 Å². The summed E-state index contributed by atoms with van der Waals surface area (Å²) in [5.74, 6) is -0.212. The van der Waals surface area contributed by atoms with Crippen molar-refractivity contribution in [1.29, 1.82) is 0 Å². The van der Waals surface area contributed by atoms with E-state index >= 15 is 0 Å². The summed E-state index contributed by atoms with van der Waals surface area (Å²) in [7, 11) is 0. The van der Waals surface area contributed by atoms with E-state index in [9.17, 15) is 9.59 Å². The number of hydrogen-bond acceptors (Lipinski definition) is 5. The molecule has 0 saturated heterocycles. The molecule has 4 rings (SSSR count). The van der Waals surface area contributed by atoms with Crippen LogP contribution < -0.4 is 10.9 Å². The van der Waals surface area contributed by atoms with E-state index in [1.54, 1.807) is 16.4 Å². The molecule has 0 aliphatic heterocycles. The molecule has 0 aliphatic rings. The van der Waals surface area contributed by atoms with Gasteiger partial charge in [0.25, 0.3) is 5.56 Å². The molecule has 0 spiro atoms. The minimum atomic E-state index is -0.698. The largest absolute Gasteiger partial charge is 0.354 e. The molecule has 0 aliphatic carbocycles. The molecule has 2 aromatic carbocycles. The van der Waals surface area contributed by atoms with Crippen LogP contribution in [0.2, 0.25) is 0 Å². The summed E-state index contributed by atoms with van der Waals surface area (Å²) >= 11 is 1.70. The van der Waals surface area contributed by atoms with Gasteiger partial charge in [0.2, 0.25) is 5.91 Å². The van der Waals surface area contributed by atoms with E-state index in [2.05, 4.69) is 39.8 Å². The molecule has 1 N–H and O–H groups in total. The first-order valence-electron chi connectivity index (χ1n) is 11.4. The monoisotopic (exact) mass is 475 g/mol. The Labute approximate surface area is 203 Å². The van der Waals surface area contributed by atoms with Gasteiger partial charge in [0.05, 0.1) is 22.5 Å². The normalized spacial score (nSPS) is 12.1. The highest BCUT2D eigenvalue weighted by Gasteiger charge is 2.25. The van der Waals surface area contributed by atoms with Gasteiger partial charge in [0, 0.05) is 11.4 Å². The Balaban J connectivity index is 1.58. The summed E-state index contributed by atoms with van der Waals surface area (Å²) in [5.41, 5.74) is 3.52. The van der Waals surface area contributed by atoms with Gasteiger partial charge in [-0.2, -0.15) is 10.2 Å². The Hall–Kier alpha value is -3.39. The van der Waals surface area contributed by atoms with E-state index in [0.29, 0.717) is 24.2 Å². The van der Waals surface area contributed by atoms with Crippen LogP contribution in [0.5, 0.6) is 0 Å². The van der Waals surface area contributed by atoms with Crippen LogP contribution in [-0.2, 0) is 11.2 Å². The first-order chi connectivity index (χ1) is 16.4. The van der Waals surface area contributed by atoms with Gasteiger partial charge in [-0.1, -0.05) is 37.3 Å². The summed E-state index contributed by atoms with van der Waals surface area (Å²) in [6, 6.07) is 17.3. The predicted molar refractivity (Wildman–Crippen MR) is 137 cm³/mol. The number of amides is 1. The lowest BCUT2D eigenvalue weighted by Gasteiger charge is -2.17. The van der Waals surface area contributed by atoms with Crippen molar-refractivity contribution in [2.24, 2.45) is 0 Å². The number of rotatable bonds is 8. The fourth-order valence-corrected chi connectivity index (χ4v) is 4.60. The summed E-state index contributed by atoms with van der Waals surface area (Å²) in [6.45, 7) is 6.15. The topological polar surface area (TPSA) is 81.8 Å². The number of nitrogens with one attached hydrogen (secondary N) is 1. The molecule has 34 heavy (non-hydrogen) atoms. The van der Waals surface area contributed by atoms with Gasteiger partial charge in [-0.05, 0) is 62.8 Å². The lowest BCUT2D eigenvalue weighted by Crippen LogP contribution is -2.39. The smallest absolute Gasteiger partial charge is 0.295 e. The second-order valence-corrected chi connectivity index (χ2v) is 9.08. The third-order valence-corrected chi connectivity index (χ3v) is 6.75. The average Bonchev–Trinajstić information content (AvgIpc) is 3.21. The second kappa shape index (κ2) is 10.3. The third-order valence-electron chi connectivity index (χ3n) is 6.00. The van der Waals surface area contributed by atoms with Gasteiger partial charge < -0.3 is 5.32 Å². The zero-order chi connectivity index (χ0) is 24.2. The standard InChI is InChI=1S/C26H29N5O2S/c1-5-22(25(32)27-16-15-19-11-13-21(34-4)14-12-19)31-26(33)24-23(17(2)28-31)18(3)30(29-24)20-9-7-6-8-10-20/h6-14,22H,5,15-16H2,1-4H3,(H,27,32)/t22-/m0/s1. The van der Waals surface area contributed by atoms with E-state index in [-0.39, 0.29) is 11.5 Å². The van der Waals surface area contributed by atoms with Crippen LogP contribution in [0.25, 0.3) is 16.6 Å². The molecule has 2 aromatic heterocycles. The molecule has 0 saturated carbocycles. The van der Waals surface area contributed by atoms with Crippen molar-refractivity contribution in [1.82, 2.24) is 24.9 Å². The van der Waals surface area contributed by atoms with Gasteiger partial charge in [0.1, 0.15) is 6.04 Å². The van der Waals surface area contributed by atoms with Crippen molar-refractivity contribution >= 4 is 28.6 Å². The van der Waals surface area contributed by atoms with Crippen molar-refractivity contribution in [2.45, 2.75) is 44.6 Å². The maximum absolute atomic E-state index is 13.4. The highest BCUT2D eigenvalue weighted by Crippen LogP contribution is 2.22. The van der Waals surface area contributed by atoms with Gasteiger partial charge in [0.15, 0.2) is 5.52 Å². The lowest BCUT2D eigenvalue weighted by atomic mass is 10.1. The highest BCUT2D eigenvalue weighted by atomic mass is 32.2. The third kappa shape index (κ3) is 4.63. The minimum Gasteiger partial charge on any atom is -0.354 e. The average molecular weight is 476 g/mol. The van der Waals surface area contributed by atoms with Crippen molar-refractivity contribution in [3.8, 4) is 5.69 Å². The number of carbonyl (C=O) groups is 1. The first kappa shape index (κ1) is 23.8. The number of nitrogens with zero attached hydrogens (tertiary/aromatic N) is 4. The molecule has 8 heteroatoms. The van der Waals surface area contributed by atoms with Crippen molar-refractivity contribution in [3.63, 3.8) is 0 Å². The lowest BCUT2D eigenvalue weighted by molar-refractivity contribution is -0.124. The van der Waals surface area contributed by atoms with Crippen molar-refractivity contribution in [3.05, 3.63) is 81.9 Å². The number of thioether (sulfide) groups is 1. The number of carbonyl (C=O) groups excluding carboxylic acids is 1. The van der Waals surface area contributed by atoms with Crippen LogP contribution in [0.3, 0.4) is 0 Å². The Morgan fingerprint density at radius 1 is 1.06 bits per heavy atom. The van der Waals surface area contributed by atoms with Crippen LogP contribution in [0.15, 0.2) is 64.3 Å². The van der Waals surface area contributed by atoms with Gasteiger partial charge in [-0.25, -0.2) is 9.36 Å². The molecule has 7 nitrogen and oxygen atoms in total. The number of fused-ring (bicyclic) bond motifs is 1. The van der Waals surface area contributed by atoms with E-state index in [4.69, 9.17) is 0 Å². The zero-order valence-corrected chi connectivity index (χ0v) is 20.7. The molecular formula is C26H29N5O2S. The number of benzene rings is 2. The molecule has 0 radical (unpaired) electrons. The predicted octanol–water partition coefficient (Wildman–Crippen LogP) is 4.23. The highest BCUT2D eigenvalue weighted by molar-refractivity contribution is 7.98. The Bertz CT molecular complexity index is 1360. The van der Waals surface area contributed by atoms with E-state index in [0.717, 1.165) is 28.8 Å². The quantitative estimate of drug-likeness (QED) is 0.386. The molecular weight excluding hydrogens is 446 g/mol. The van der Waals surface area contributed by atoms with Gasteiger partial charge in [-0.15, -0.1) is 11.8 Å². The molecule has 0 fully saturated rings. The summed E-state index contributed by atoms with van der Waals surface area (Å²) in [4.78, 5) is 27.6. The zero-order valence-electron chi connectivity index (χ0n) is 19.9. The van der Waals surface area contributed by atoms with E-state index < -0.39 is 6.04 Å². The summed E-state index contributed by atoms with van der Waals surface area (Å²) in [6.07, 6.45) is 3.21. The van der Waals surface area contributed by atoms with Crippen LogP contribution in [-0.4, -0.2) is 38.3 Å². The maximum atomic E-state index is 13.4. The Morgan fingerprint density at radius 3 is 2.41 bits per heavy atom. The van der Waals surface area contributed by atoms with Crippen LogP contribution in [0.1, 0.15) is 36.3 Å². The fourth-order valence-electron chi connectivity index (χ4n) is 4.19. The Kier molecular flexibility index (Phi) is 7.17. The van der Waals surface area contributed by atoms with Crippen LogP contribution >= 0.6 is 11.8 Å². The van der Waals surface area contributed by atoms with E-state index in [1.807, 2.05) is 57.4 Å². The van der Waals surface area contributed by atoms with Crippen LogP contribution in [0, 0.1) is 13.8 Å². The minimum absolute atomic E-state index is 0.212. The number of hydrogen-bond donors (Lipinski definition) is 1. The second-order valence-electron chi connectivity index (χ2n) is 8.20. The number of para-hydroxylation sites is 1. The summed E-state index contributed by atoms with van der Waals surface area (Å²) in [5, 5.41) is 12.8.